The molecule has 2 aromatic rings. The van der Waals surface area contributed by atoms with Gasteiger partial charge in [-0.25, -0.2) is 4.39 Å². The van der Waals surface area contributed by atoms with Crippen molar-refractivity contribution >= 4 is 23.5 Å². The highest BCUT2D eigenvalue weighted by molar-refractivity contribution is 5.56. The van der Waals surface area contributed by atoms with Gasteiger partial charge in [-0.05, 0) is 51.6 Å². The van der Waals surface area contributed by atoms with E-state index in [1.807, 2.05) is 20.2 Å². The van der Waals surface area contributed by atoms with Crippen LogP contribution >= 0.6 is 0 Å². The van der Waals surface area contributed by atoms with Gasteiger partial charge in [-0.1, -0.05) is 31.7 Å². The lowest BCUT2D eigenvalue weighted by Crippen LogP contribution is -2.23. The predicted octanol–water partition coefficient (Wildman–Crippen LogP) is 4.17. The Morgan fingerprint density at radius 2 is 1.69 bits per heavy atom. The van der Waals surface area contributed by atoms with Crippen LogP contribution in [0.15, 0.2) is 18.2 Å². The minimum absolute atomic E-state index is 0.259. The summed E-state index contributed by atoms with van der Waals surface area (Å²) in [4.78, 5) is 15.6. The van der Waals surface area contributed by atoms with Crippen molar-refractivity contribution in [1.29, 1.82) is 0 Å². The van der Waals surface area contributed by atoms with E-state index in [0.29, 0.717) is 35.1 Å². The molecule has 0 aliphatic heterocycles. The smallest absolute Gasteiger partial charge is 0.233 e. The quantitative estimate of drug-likeness (QED) is 0.573. The number of likely N-dealkylation sites (N-methyl/N-ethyl adjacent to an activating group) is 1. The third-order valence-electron chi connectivity index (χ3n) is 5.09. The molecule has 1 aliphatic rings. The van der Waals surface area contributed by atoms with Gasteiger partial charge in [-0.2, -0.15) is 15.0 Å². The first-order valence-corrected chi connectivity index (χ1v) is 10.4. The van der Waals surface area contributed by atoms with E-state index in [1.54, 1.807) is 13.0 Å². The summed E-state index contributed by atoms with van der Waals surface area (Å²) < 4.78 is 13.9. The number of aromatic nitrogens is 3. The minimum atomic E-state index is -0.259. The average Bonchev–Trinajstić information content (AvgIpc) is 2.93. The van der Waals surface area contributed by atoms with Crippen LogP contribution in [0, 0.1) is 12.7 Å². The number of nitrogens with one attached hydrogen (secondary N) is 3. The summed E-state index contributed by atoms with van der Waals surface area (Å²) in [6.45, 7) is 3.32. The number of rotatable bonds is 8. The standard InChI is InChI=1S/C21H32FN7/c1-15-10-11-17(14-18(15)22)25-21-27-19(23-12-13-29(2)3)26-20(28-21)24-16-8-6-4-5-7-9-16/h10-11,14,16H,4-9,12-13H2,1-3H3,(H3,23,24,25,26,27,28). The van der Waals surface area contributed by atoms with Crippen molar-refractivity contribution in [2.75, 3.05) is 43.1 Å². The summed E-state index contributed by atoms with van der Waals surface area (Å²) >= 11 is 0. The summed E-state index contributed by atoms with van der Waals surface area (Å²) in [5, 5.41) is 9.84. The number of benzene rings is 1. The molecular formula is C21H32FN7. The molecule has 0 atom stereocenters. The number of nitrogens with zero attached hydrogens (tertiary/aromatic N) is 4. The lowest BCUT2D eigenvalue weighted by molar-refractivity contribution is 0.425. The Balaban J connectivity index is 1.77. The van der Waals surface area contributed by atoms with Gasteiger partial charge in [0.15, 0.2) is 0 Å². The van der Waals surface area contributed by atoms with Crippen molar-refractivity contribution in [3.63, 3.8) is 0 Å². The first-order valence-electron chi connectivity index (χ1n) is 10.4. The summed E-state index contributed by atoms with van der Waals surface area (Å²) in [6.07, 6.45) is 7.29. The van der Waals surface area contributed by atoms with Crippen molar-refractivity contribution in [3.05, 3.63) is 29.6 Å². The predicted molar refractivity (Wildman–Crippen MR) is 116 cm³/mol. The molecule has 0 saturated heterocycles. The molecule has 7 nitrogen and oxygen atoms in total. The zero-order chi connectivity index (χ0) is 20.6. The highest BCUT2D eigenvalue weighted by Gasteiger charge is 2.15. The maximum atomic E-state index is 13.9. The second-order valence-electron chi connectivity index (χ2n) is 7.96. The molecule has 1 aromatic carbocycles. The Kier molecular flexibility index (Phi) is 7.57. The fourth-order valence-electron chi connectivity index (χ4n) is 3.37. The second kappa shape index (κ2) is 10.3. The average molecular weight is 402 g/mol. The van der Waals surface area contributed by atoms with E-state index in [1.165, 1.54) is 31.7 Å². The number of aryl methyl sites for hydroxylation is 1. The van der Waals surface area contributed by atoms with Crippen molar-refractivity contribution < 1.29 is 4.39 Å². The molecule has 1 fully saturated rings. The van der Waals surface area contributed by atoms with Crippen LogP contribution < -0.4 is 16.0 Å². The van der Waals surface area contributed by atoms with E-state index in [0.717, 1.165) is 25.9 Å². The largest absolute Gasteiger partial charge is 0.353 e. The molecule has 1 saturated carbocycles. The fourth-order valence-corrected chi connectivity index (χ4v) is 3.37. The molecular weight excluding hydrogens is 369 g/mol. The van der Waals surface area contributed by atoms with Crippen LogP contribution in [0.1, 0.15) is 44.1 Å². The van der Waals surface area contributed by atoms with Crippen LogP contribution in [-0.4, -0.2) is 53.1 Å². The lowest BCUT2D eigenvalue weighted by Gasteiger charge is -2.18. The van der Waals surface area contributed by atoms with Gasteiger partial charge in [0, 0.05) is 24.8 Å². The third kappa shape index (κ3) is 6.81. The Bertz CT molecular complexity index is 789. The molecule has 8 heteroatoms. The highest BCUT2D eigenvalue weighted by atomic mass is 19.1. The number of hydrogen-bond donors (Lipinski definition) is 3. The highest BCUT2D eigenvalue weighted by Crippen LogP contribution is 2.22. The van der Waals surface area contributed by atoms with Gasteiger partial charge in [0.1, 0.15) is 5.82 Å². The summed E-state index contributed by atoms with van der Waals surface area (Å²) in [6, 6.07) is 5.38. The molecule has 3 N–H and O–H groups in total. The van der Waals surface area contributed by atoms with Crippen LogP contribution in [0.4, 0.5) is 27.9 Å². The number of anilines is 4. The number of halogens is 1. The Morgan fingerprint density at radius 1 is 1.00 bits per heavy atom. The van der Waals surface area contributed by atoms with Crippen LogP contribution in [0.25, 0.3) is 0 Å². The monoisotopic (exact) mass is 401 g/mol. The van der Waals surface area contributed by atoms with Crippen molar-refractivity contribution in [2.24, 2.45) is 0 Å². The number of hydrogen-bond acceptors (Lipinski definition) is 7. The first kappa shape index (κ1) is 21.2. The molecule has 0 bridgehead atoms. The molecule has 158 valence electrons. The van der Waals surface area contributed by atoms with Crippen LogP contribution in [0.3, 0.4) is 0 Å². The Morgan fingerprint density at radius 3 is 2.38 bits per heavy atom. The first-order chi connectivity index (χ1) is 14.0. The van der Waals surface area contributed by atoms with Gasteiger partial charge >= 0.3 is 0 Å². The SMILES string of the molecule is Cc1ccc(Nc2nc(NCCN(C)C)nc(NC3CCCCCC3)n2)cc1F. The van der Waals surface area contributed by atoms with Gasteiger partial charge in [0.05, 0.1) is 0 Å². The molecule has 1 aliphatic carbocycles. The molecule has 3 rings (SSSR count). The zero-order valence-corrected chi connectivity index (χ0v) is 17.6. The lowest BCUT2D eigenvalue weighted by atomic mass is 10.1. The minimum Gasteiger partial charge on any atom is -0.353 e. The second-order valence-corrected chi connectivity index (χ2v) is 7.96. The van der Waals surface area contributed by atoms with Gasteiger partial charge in [0.2, 0.25) is 17.8 Å². The van der Waals surface area contributed by atoms with E-state index in [2.05, 4.69) is 35.8 Å². The third-order valence-corrected chi connectivity index (χ3v) is 5.09. The van der Waals surface area contributed by atoms with Gasteiger partial charge in [-0.15, -0.1) is 0 Å². The van der Waals surface area contributed by atoms with E-state index >= 15 is 0 Å². The van der Waals surface area contributed by atoms with E-state index in [-0.39, 0.29) is 5.82 Å². The molecule has 0 amide bonds. The Hall–Kier alpha value is -2.48. The van der Waals surface area contributed by atoms with E-state index in [9.17, 15) is 4.39 Å². The molecule has 0 spiro atoms. The van der Waals surface area contributed by atoms with E-state index in [4.69, 9.17) is 0 Å². The van der Waals surface area contributed by atoms with Crippen LogP contribution in [-0.2, 0) is 0 Å². The maximum absolute atomic E-state index is 13.9. The van der Waals surface area contributed by atoms with Gasteiger partial charge < -0.3 is 20.9 Å². The van der Waals surface area contributed by atoms with Gasteiger partial charge in [0.25, 0.3) is 0 Å². The molecule has 0 radical (unpaired) electrons. The summed E-state index contributed by atoms with van der Waals surface area (Å²) in [5.41, 5.74) is 1.21. The molecule has 1 aromatic heterocycles. The van der Waals surface area contributed by atoms with Crippen LogP contribution in [0.2, 0.25) is 0 Å². The zero-order valence-electron chi connectivity index (χ0n) is 17.6. The summed E-state index contributed by atoms with van der Waals surface area (Å²) in [7, 11) is 4.04. The van der Waals surface area contributed by atoms with Crippen molar-refractivity contribution in [1.82, 2.24) is 19.9 Å². The summed E-state index contributed by atoms with van der Waals surface area (Å²) in [5.74, 6) is 1.19. The normalized spacial score (nSPS) is 15.2. The maximum Gasteiger partial charge on any atom is 0.233 e. The fraction of sp³-hybridized carbons (Fsp3) is 0.571. The Labute approximate surface area is 172 Å². The van der Waals surface area contributed by atoms with E-state index < -0.39 is 0 Å². The van der Waals surface area contributed by atoms with Crippen molar-refractivity contribution in [2.45, 2.75) is 51.5 Å². The topological polar surface area (TPSA) is 78.0 Å². The molecule has 1 heterocycles. The molecule has 29 heavy (non-hydrogen) atoms. The van der Waals surface area contributed by atoms with Gasteiger partial charge in [-0.3, -0.25) is 0 Å². The molecule has 0 unspecified atom stereocenters. The van der Waals surface area contributed by atoms with Crippen molar-refractivity contribution in [3.8, 4) is 0 Å². The van der Waals surface area contributed by atoms with Crippen LogP contribution in [0.5, 0.6) is 0 Å².